The molecule has 0 atom stereocenters. The summed E-state index contributed by atoms with van der Waals surface area (Å²) in [5.74, 6) is 2.05. The zero-order chi connectivity index (χ0) is 12.8. The molecule has 3 heteroatoms. The van der Waals surface area contributed by atoms with Crippen LogP contribution in [0.15, 0.2) is 40.8 Å². The summed E-state index contributed by atoms with van der Waals surface area (Å²) >= 11 is 5.84. The molecule has 1 aromatic carbocycles. The SMILES string of the molecule is CCc1ccc(CNCCc2ccc(Cl)cc2)o1. The molecule has 0 aliphatic heterocycles. The van der Waals surface area contributed by atoms with Gasteiger partial charge in [0.15, 0.2) is 0 Å². The molecule has 0 saturated heterocycles. The molecule has 0 amide bonds. The standard InChI is InChI=1S/C15H18ClNO/c1-2-14-7-8-15(18-14)11-17-10-9-12-3-5-13(16)6-4-12/h3-8,17H,2,9-11H2,1H3. The van der Waals surface area contributed by atoms with Gasteiger partial charge in [0.2, 0.25) is 0 Å². The molecule has 0 bridgehead atoms. The first-order valence-electron chi connectivity index (χ1n) is 6.30. The van der Waals surface area contributed by atoms with E-state index in [1.54, 1.807) is 0 Å². The predicted octanol–water partition coefficient (Wildman–Crippen LogP) is 3.83. The number of hydrogen-bond acceptors (Lipinski definition) is 2. The molecule has 96 valence electrons. The van der Waals surface area contributed by atoms with Crippen molar-refractivity contribution >= 4 is 11.6 Å². The van der Waals surface area contributed by atoms with Crippen molar-refractivity contribution in [2.45, 2.75) is 26.3 Å². The molecule has 0 aliphatic rings. The molecule has 2 aromatic rings. The summed E-state index contributed by atoms with van der Waals surface area (Å²) in [6.07, 6.45) is 1.95. The Kier molecular flexibility index (Phi) is 4.85. The second-order valence-electron chi connectivity index (χ2n) is 4.27. The highest BCUT2D eigenvalue weighted by Gasteiger charge is 1.99. The van der Waals surface area contributed by atoms with Crippen molar-refractivity contribution in [3.8, 4) is 0 Å². The molecular weight excluding hydrogens is 246 g/mol. The highest BCUT2D eigenvalue weighted by atomic mass is 35.5. The smallest absolute Gasteiger partial charge is 0.117 e. The number of furan rings is 1. The molecule has 0 radical (unpaired) electrons. The van der Waals surface area contributed by atoms with Crippen LogP contribution in [0, 0.1) is 0 Å². The third-order valence-corrected chi connectivity index (χ3v) is 3.12. The van der Waals surface area contributed by atoms with Crippen LogP contribution in [0.1, 0.15) is 24.0 Å². The Morgan fingerprint density at radius 2 is 1.78 bits per heavy atom. The summed E-state index contributed by atoms with van der Waals surface area (Å²) in [6.45, 7) is 3.81. The van der Waals surface area contributed by atoms with Crippen LogP contribution < -0.4 is 5.32 Å². The Hall–Kier alpha value is -1.25. The average Bonchev–Trinajstić information content (AvgIpc) is 2.85. The molecule has 0 saturated carbocycles. The molecule has 0 spiro atoms. The Labute approximate surface area is 113 Å². The van der Waals surface area contributed by atoms with Gasteiger partial charge in [-0.25, -0.2) is 0 Å². The minimum atomic E-state index is 0.785. The molecule has 2 rings (SSSR count). The lowest BCUT2D eigenvalue weighted by Gasteiger charge is -2.03. The topological polar surface area (TPSA) is 25.2 Å². The molecule has 18 heavy (non-hydrogen) atoms. The van der Waals surface area contributed by atoms with Crippen LogP contribution in [-0.2, 0) is 19.4 Å². The summed E-state index contributed by atoms with van der Waals surface area (Å²) in [7, 11) is 0. The second kappa shape index (κ2) is 6.62. The van der Waals surface area contributed by atoms with Crippen molar-refractivity contribution < 1.29 is 4.42 Å². The van der Waals surface area contributed by atoms with Gasteiger partial charge in [0, 0.05) is 11.4 Å². The normalized spacial score (nSPS) is 10.8. The average molecular weight is 264 g/mol. The van der Waals surface area contributed by atoms with Crippen molar-refractivity contribution in [1.82, 2.24) is 5.32 Å². The third-order valence-electron chi connectivity index (χ3n) is 2.87. The molecule has 1 aromatic heterocycles. The van der Waals surface area contributed by atoms with Crippen LogP contribution in [0.4, 0.5) is 0 Å². The maximum atomic E-state index is 5.84. The largest absolute Gasteiger partial charge is 0.465 e. The second-order valence-corrected chi connectivity index (χ2v) is 4.71. The van der Waals surface area contributed by atoms with Crippen LogP contribution in [0.5, 0.6) is 0 Å². The van der Waals surface area contributed by atoms with Crippen LogP contribution in [0.2, 0.25) is 5.02 Å². The van der Waals surface area contributed by atoms with Crippen molar-refractivity contribution in [3.63, 3.8) is 0 Å². The summed E-state index contributed by atoms with van der Waals surface area (Å²) in [5.41, 5.74) is 1.29. The first kappa shape index (κ1) is 13.2. The van der Waals surface area contributed by atoms with E-state index in [0.29, 0.717) is 0 Å². The van der Waals surface area contributed by atoms with Gasteiger partial charge in [0.25, 0.3) is 0 Å². The Morgan fingerprint density at radius 1 is 1.06 bits per heavy atom. The number of halogens is 1. The highest BCUT2D eigenvalue weighted by molar-refractivity contribution is 6.30. The van der Waals surface area contributed by atoms with Crippen LogP contribution in [0.25, 0.3) is 0 Å². The van der Waals surface area contributed by atoms with Crippen LogP contribution in [0.3, 0.4) is 0 Å². The summed E-state index contributed by atoms with van der Waals surface area (Å²) in [5, 5.41) is 4.16. The number of hydrogen-bond donors (Lipinski definition) is 1. The lowest BCUT2D eigenvalue weighted by molar-refractivity contribution is 0.451. The fourth-order valence-corrected chi connectivity index (χ4v) is 1.93. The van der Waals surface area contributed by atoms with Crippen LogP contribution >= 0.6 is 11.6 Å². The minimum Gasteiger partial charge on any atom is -0.465 e. The zero-order valence-electron chi connectivity index (χ0n) is 10.6. The Bertz CT molecular complexity index is 475. The summed E-state index contributed by atoms with van der Waals surface area (Å²) in [4.78, 5) is 0. The number of rotatable bonds is 6. The van der Waals surface area contributed by atoms with E-state index in [0.717, 1.165) is 42.5 Å². The molecule has 1 heterocycles. The maximum absolute atomic E-state index is 5.84. The van der Waals surface area contributed by atoms with E-state index >= 15 is 0 Å². The fourth-order valence-electron chi connectivity index (χ4n) is 1.80. The fraction of sp³-hybridized carbons (Fsp3) is 0.333. The number of aryl methyl sites for hydroxylation is 1. The van der Waals surface area contributed by atoms with E-state index in [1.807, 2.05) is 24.3 Å². The van der Waals surface area contributed by atoms with Crippen molar-refractivity contribution in [3.05, 3.63) is 58.5 Å². The van der Waals surface area contributed by atoms with Gasteiger partial charge in [0.05, 0.1) is 6.54 Å². The lowest BCUT2D eigenvalue weighted by atomic mass is 10.1. The first-order valence-corrected chi connectivity index (χ1v) is 6.68. The molecule has 1 N–H and O–H groups in total. The van der Waals surface area contributed by atoms with Crippen molar-refractivity contribution in [2.24, 2.45) is 0 Å². The quantitative estimate of drug-likeness (QED) is 0.802. The molecule has 0 unspecified atom stereocenters. The van der Waals surface area contributed by atoms with Crippen molar-refractivity contribution in [2.75, 3.05) is 6.54 Å². The molecule has 0 aliphatic carbocycles. The number of nitrogens with one attached hydrogen (secondary N) is 1. The van der Waals surface area contributed by atoms with E-state index in [4.69, 9.17) is 16.0 Å². The molecular formula is C15H18ClNO. The predicted molar refractivity (Wildman–Crippen MR) is 74.9 cm³/mol. The summed E-state index contributed by atoms with van der Waals surface area (Å²) in [6, 6.07) is 12.1. The number of benzene rings is 1. The molecule has 0 fully saturated rings. The monoisotopic (exact) mass is 263 g/mol. The zero-order valence-corrected chi connectivity index (χ0v) is 11.3. The van der Waals surface area contributed by atoms with Gasteiger partial charge in [-0.15, -0.1) is 0 Å². The van der Waals surface area contributed by atoms with E-state index < -0.39 is 0 Å². The Balaban J connectivity index is 1.71. The van der Waals surface area contributed by atoms with Gasteiger partial charge >= 0.3 is 0 Å². The van der Waals surface area contributed by atoms with Gasteiger partial charge in [-0.05, 0) is 42.8 Å². The maximum Gasteiger partial charge on any atom is 0.117 e. The van der Waals surface area contributed by atoms with Crippen molar-refractivity contribution in [1.29, 1.82) is 0 Å². The van der Waals surface area contributed by atoms with Gasteiger partial charge in [0.1, 0.15) is 11.5 Å². The van der Waals surface area contributed by atoms with Gasteiger partial charge in [-0.2, -0.15) is 0 Å². The van der Waals surface area contributed by atoms with E-state index in [1.165, 1.54) is 5.56 Å². The highest BCUT2D eigenvalue weighted by Crippen LogP contribution is 2.10. The van der Waals surface area contributed by atoms with Gasteiger partial charge in [-0.1, -0.05) is 30.7 Å². The minimum absolute atomic E-state index is 0.785. The first-order chi connectivity index (χ1) is 8.78. The van der Waals surface area contributed by atoms with E-state index in [9.17, 15) is 0 Å². The summed E-state index contributed by atoms with van der Waals surface area (Å²) < 4.78 is 5.62. The van der Waals surface area contributed by atoms with Gasteiger partial charge < -0.3 is 9.73 Å². The van der Waals surface area contributed by atoms with Gasteiger partial charge in [-0.3, -0.25) is 0 Å². The lowest BCUT2D eigenvalue weighted by Crippen LogP contribution is -2.16. The van der Waals surface area contributed by atoms with E-state index in [-0.39, 0.29) is 0 Å². The molecule has 2 nitrogen and oxygen atoms in total. The van der Waals surface area contributed by atoms with E-state index in [2.05, 4.69) is 24.4 Å². The Morgan fingerprint density at radius 3 is 2.44 bits per heavy atom. The third kappa shape index (κ3) is 3.90. The van der Waals surface area contributed by atoms with Crippen LogP contribution in [-0.4, -0.2) is 6.54 Å².